The molecule has 2 heteroatoms. The minimum atomic E-state index is 0.560. The van der Waals surface area contributed by atoms with Crippen LogP contribution in [-0.2, 0) is 0 Å². The topological polar surface area (TPSA) is 15.3 Å². The van der Waals surface area contributed by atoms with Crippen molar-refractivity contribution in [2.24, 2.45) is 11.3 Å². The van der Waals surface area contributed by atoms with Crippen molar-refractivity contribution in [3.05, 3.63) is 0 Å². The molecular formula is C18H36N2. The van der Waals surface area contributed by atoms with E-state index in [0.29, 0.717) is 5.41 Å². The van der Waals surface area contributed by atoms with Crippen molar-refractivity contribution in [2.75, 3.05) is 26.2 Å². The van der Waals surface area contributed by atoms with E-state index in [0.717, 1.165) is 12.0 Å². The molecule has 0 aromatic heterocycles. The van der Waals surface area contributed by atoms with Gasteiger partial charge in [0.1, 0.15) is 0 Å². The van der Waals surface area contributed by atoms with E-state index >= 15 is 0 Å². The molecule has 1 aliphatic heterocycles. The molecule has 0 radical (unpaired) electrons. The van der Waals surface area contributed by atoms with E-state index in [1.807, 2.05) is 0 Å². The Kier molecular flexibility index (Phi) is 6.35. The van der Waals surface area contributed by atoms with Gasteiger partial charge in [-0.3, -0.25) is 0 Å². The van der Waals surface area contributed by atoms with Gasteiger partial charge in [0.25, 0.3) is 0 Å². The number of likely N-dealkylation sites (tertiary alicyclic amines) is 1. The molecule has 1 atom stereocenters. The van der Waals surface area contributed by atoms with Crippen molar-refractivity contribution in [2.45, 2.75) is 78.2 Å². The molecule has 1 unspecified atom stereocenters. The summed E-state index contributed by atoms with van der Waals surface area (Å²) in [6.45, 7) is 12.2. The summed E-state index contributed by atoms with van der Waals surface area (Å²) in [5, 5.41) is 3.79. The fraction of sp³-hybridized carbons (Fsp3) is 1.00. The molecule has 0 aromatic carbocycles. The predicted octanol–water partition coefficient (Wildman–Crippen LogP) is 4.06. The molecule has 1 saturated carbocycles. The highest BCUT2D eigenvalue weighted by Gasteiger charge is 2.35. The van der Waals surface area contributed by atoms with Crippen molar-refractivity contribution in [1.82, 2.24) is 10.2 Å². The molecule has 118 valence electrons. The minimum Gasteiger partial charge on any atom is -0.316 e. The molecule has 1 saturated heterocycles. The molecule has 0 amide bonds. The van der Waals surface area contributed by atoms with Crippen LogP contribution in [0.5, 0.6) is 0 Å². The number of hydrogen-bond donors (Lipinski definition) is 1. The van der Waals surface area contributed by atoms with Crippen molar-refractivity contribution in [1.29, 1.82) is 0 Å². The molecule has 1 heterocycles. The molecule has 20 heavy (non-hydrogen) atoms. The standard InChI is InChI=1S/C18H36N2/c1-16(2)13-19-14-18(10-6-4-5-7-11-18)15-20-12-8-9-17(20)3/h16-17,19H,4-15H2,1-3H3. The lowest BCUT2D eigenvalue weighted by Crippen LogP contribution is -2.45. The highest BCUT2D eigenvalue weighted by atomic mass is 15.2. The SMILES string of the molecule is CC(C)CNCC1(CN2CCCC2C)CCCCCC1. The summed E-state index contributed by atoms with van der Waals surface area (Å²) in [4.78, 5) is 2.78. The Morgan fingerprint density at radius 3 is 2.35 bits per heavy atom. The largest absolute Gasteiger partial charge is 0.316 e. The maximum Gasteiger partial charge on any atom is 0.00676 e. The zero-order chi connectivity index (χ0) is 14.4. The fourth-order valence-corrected chi connectivity index (χ4v) is 4.15. The van der Waals surface area contributed by atoms with Crippen LogP contribution < -0.4 is 5.32 Å². The number of rotatable bonds is 6. The predicted molar refractivity (Wildman–Crippen MR) is 88.1 cm³/mol. The van der Waals surface area contributed by atoms with Gasteiger partial charge in [-0.25, -0.2) is 0 Å². The second-order valence-corrected chi connectivity index (χ2v) is 7.90. The zero-order valence-electron chi connectivity index (χ0n) is 14.1. The highest BCUT2D eigenvalue weighted by molar-refractivity contribution is 4.90. The molecule has 1 N–H and O–H groups in total. The summed E-state index contributed by atoms with van der Waals surface area (Å²) < 4.78 is 0. The highest BCUT2D eigenvalue weighted by Crippen LogP contribution is 2.37. The first kappa shape index (κ1) is 16.3. The quantitative estimate of drug-likeness (QED) is 0.738. The number of hydrogen-bond acceptors (Lipinski definition) is 2. The lowest BCUT2D eigenvalue weighted by atomic mass is 9.79. The van der Waals surface area contributed by atoms with E-state index in [2.05, 4.69) is 31.0 Å². The average molecular weight is 280 g/mol. The van der Waals surface area contributed by atoms with Crippen LogP contribution in [0.1, 0.15) is 72.1 Å². The van der Waals surface area contributed by atoms with Gasteiger partial charge in [-0.05, 0) is 57.0 Å². The average Bonchev–Trinajstić information content (AvgIpc) is 2.65. The van der Waals surface area contributed by atoms with Gasteiger partial charge in [0.2, 0.25) is 0 Å². The Morgan fingerprint density at radius 1 is 1.10 bits per heavy atom. The Balaban J connectivity index is 1.94. The zero-order valence-corrected chi connectivity index (χ0v) is 14.1. The van der Waals surface area contributed by atoms with Crippen LogP contribution in [0.25, 0.3) is 0 Å². The van der Waals surface area contributed by atoms with E-state index in [9.17, 15) is 0 Å². The van der Waals surface area contributed by atoms with Crippen LogP contribution in [0, 0.1) is 11.3 Å². The van der Waals surface area contributed by atoms with E-state index in [1.54, 1.807) is 0 Å². The van der Waals surface area contributed by atoms with E-state index < -0.39 is 0 Å². The van der Waals surface area contributed by atoms with E-state index in [4.69, 9.17) is 0 Å². The van der Waals surface area contributed by atoms with Crippen molar-refractivity contribution in [3.63, 3.8) is 0 Å². The summed E-state index contributed by atoms with van der Waals surface area (Å²) in [7, 11) is 0. The molecule has 1 aliphatic carbocycles. The monoisotopic (exact) mass is 280 g/mol. The Morgan fingerprint density at radius 2 is 1.80 bits per heavy atom. The van der Waals surface area contributed by atoms with Crippen molar-refractivity contribution in [3.8, 4) is 0 Å². The third-order valence-corrected chi connectivity index (χ3v) is 5.45. The Hall–Kier alpha value is -0.0800. The lowest BCUT2D eigenvalue weighted by Gasteiger charge is -2.38. The van der Waals surface area contributed by atoms with Gasteiger partial charge in [-0.15, -0.1) is 0 Å². The molecule has 2 rings (SSSR count). The van der Waals surface area contributed by atoms with Gasteiger partial charge in [0.15, 0.2) is 0 Å². The normalized spacial score (nSPS) is 27.9. The van der Waals surface area contributed by atoms with Gasteiger partial charge in [0, 0.05) is 19.1 Å². The maximum atomic E-state index is 3.79. The van der Waals surface area contributed by atoms with Gasteiger partial charge in [-0.2, -0.15) is 0 Å². The molecular weight excluding hydrogens is 244 g/mol. The Bertz CT molecular complexity index is 267. The third-order valence-electron chi connectivity index (χ3n) is 5.45. The van der Waals surface area contributed by atoms with Crippen LogP contribution in [0.4, 0.5) is 0 Å². The number of nitrogens with zero attached hydrogens (tertiary/aromatic N) is 1. The van der Waals surface area contributed by atoms with Crippen LogP contribution in [0.15, 0.2) is 0 Å². The lowest BCUT2D eigenvalue weighted by molar-refractivity contribution is 0.121. The molecule has 0 spiro atoms. The second kappa shape index (κ2) is 7.79. The first-order chi connectivity index (χ1) is 9.61. The molecule has 2 fully saturated rings. The molecule has 0 aromatic rings. The van der Waals surface area contributed by atoms with Gasteiger partial charge in [-0.1, -0.05) is 39.5 Å². The summed E-state index contributed by atoms with van der Waals surface area (Å²) in [5.41, 5.74) is 0.560. The number of nitrogens with one attached hydrogen (secondary N) is 1. The van der Waals surface area contributed by atoms with Crippen molar-refractivity contribution < 1.29 is 0 Å². The van der Waals surface area contributed by atoms with Crippen LogP contribution in [0.3, 0.4) is 0 Å². The molecule has 2 nitrogen and oxygen atoms in total. The molecule has 0 bridgehead atoms. The van der Waals surface area contributed by atoms with Crippen LogP contribution >= 0.6 is 0 Å². The Labute approximate surface area is 126 Å². The fourth-order valence-electron chi connectivity index (χ4n) is 4.15. The smallest absolute Gasteiger partial charge is 0.00676 e. The summed E-state index contributed by atoms with van der Waals surface area (Å²) >= 11 is 0. The first-order valence-electron chi connectivity index (χ1n) is 9.06. The third kappa shape index (κ3) is 4.73. The minimum absolute atomic E-state index is 0.560. The summed E-state index contributed by atoms with van der Waals surface area (Å²) in [5.74, 6) is 0.767. The first-order valence-corrected chi connectivity index (χ1v) is 9.06. The van der Waals surface area contributed by atoms with Gasteiger partial charge >= 0.3 is 0 Å². The second-order valence-electron chi connectivity index (χ2n) is 7.90. The maximum absolute atomic E-state index is 3.79. The molecule has 2 aliphatic rings. The van der Waals surface area contributed by atoms with Crippen molar-refractivity contribution >= 4 is 0 Å². The van der Waals surface area contributed by atoms with E-state index in [-0.39, 0.29) is 0 Å². The summed E-state index contributed by atoms with van der Waals surface area (Å²) in [6.07, 6.45) is 11.5. The van der Waals surface area contributed by atoms with Gasteiger partial charge < -0.3 is 10.2 Å². The summed E-state index contributed by atoms with van der Waals surface area (Å²) in [6, 6.07) is 0.820. The van der Waals surface area contributed by atoms with Crippen LogP contribution in [0.2, 0.25) is 0 Å². The van der Waals surface area contributed by atoms with Crippen LogP contribution in [-0.4, -0.2) is 37.1 Å². The van der Waals surface area contributed by atoms with Gasteiger partial charge in [0.05, 0.1) is 0 Å². The van der Waals surface area contributed by atoms with E-state index in [1.165, 1.54) is 77.5 Å².